The van der Waals surface area contributed by atoms with Crippen LogP contribution in [0.1, 0.15) is 44.8 Å². The van der Waals surface area contributed by atoms with Gasteiger partial charge >= 0.3 is 12.1 Å². The largest absolute Gasteiger partial charge is 0.478 e. The van der Waals surface area contributed by atoms with E-state index in [1.807, 2.05) is 0 Å². The number of alkyl halides is 3. The number of oxime groups is 1. The van der Waals surface area contributed by atoms with Crippen LogP contribution in [0.3, 0.4) is 0 Å². The number of benzene rings is 2. The van der Waals surface area contributed by atoms with Crippen LogP contribution in [0.15, 0.2) is 59.8 Å². The first kappa shape index (κ1) is 28.7. The molecule has 1 amide bonds. The number of hydrogen-bond donors (Lipinski definition) is 2. The number of carboxylic acids is 1. The first-order valence-electron chi connectivity index (χ1n) is 12.5. The number of rotatable bonds is 9. The van der Waals surface area contributed by atoms with Crippen LogP contribution in [0, 0.1) is 11.8 Å². The summed E-state index contributed by atoms with van der Waals surface area (Å²) >= 11 is 12.7. The third-order valence-electron chi connectivity index (χ3n) is 6.79. The van der Waals surface area contributed by atoms with Crippen molar-refractivity contribution in [2.45, 2.75) is 31.5 Å². The lowest BCUT2D eigenvalue weighted by molar-refractivity contribution is -0.140. The number of aromatic nitrogens is 1. The number of carbonyl (C=O) groups excluding carboxylic acids is 1. The lowest BCUT2D eigenvalue weighted by Crippen LogP contribution is -2.32. The van der Waals surface area contributed by atoms with Crippen molar-refractivity contribution in [3.63, 3.8) is 0 Å². The third kappa shape index (κ3) is 6.57. The third-order valence-corrected chi connectivity index (χ3v) is 7.50. The number of amides is 1. The van der Waals surface area contributed by atoms with Crippen molar-refractivity contribution in [2.75, 3.05) is 11.9 Å². The molecule has 1 fully saturated rings. The van der Waals surface area contributed by atoms with Gasteiger partial charge in [0.15, 0.2) is 5.69 Å². The van der Waals surface area contributed by atoms with E-state index in [4.69, 9.17) is 37.9 Å². The smallest absolute Gasteiger partial charge is 0.435 e. The van der Waals surface area contributed by atoms with E-state index in [2.05, 4.69) is 15.5 Å². The van der Waals surface area contributed by atoms with E-state index in [0.29, 0.717) is 21.3 Å². The zero-order valence-electron chi connectivity index (χ0n) is 21.1. The van der Waals surface area contributed by atoms with Gasteiger partial charge in [0.05, 0.1) is 22.9 Å². The number of anilines is 1. The number of carbonyl (C=O) groups is 2. The Morgan fingerprint density at radius 3 is 2.39 bits per heavy atom. The van der Waals surface area contributed by atoms with E-state index in [1.165, 1.54) is 24.3 Å². The highest BCUT2D eigenvalue weighted by Crippen LogP contribution is 2.42. The highest BCUT2D eigenvalue weighted by Gasteiger charge is 2.45. The van der Waals surface area contributed by atoms with E-state index in [1.54, 1.807) is 18.2 Å². The van der Waals surface area contributed by atoms with Crippen molar-refractivity contribution >= 4 is 46.5 Å². The van der Waals surface area contributed by atoms with Gasteiger partial charge in [0.2, 0.25) is 5.88 Å². The average molecular weight is 608 g/mol. The number of nitrogens with one attached hydrogen (secondary N) is 1. The Morgan fingerprint density at radius 1 is 1.05 bits per heavy atom. The van der Waals surface area contributed by atoms with E-state index in [0.717, 1.165) is 25.0 Å². The van der Waals surface area contributed by atoms with Crippen molar-refractivity contribution in [3.8, 4) is 5.88 Å². The number of hydrogen-bond acceptors (Lipinski definition) is 6. The minimum atomic E-state index is -4.93. The average Bonchev–Trinajstić information content (AvgIpc) is 3.70. The van der Waals surface area contributed by atoms with Gasteiger partial charge in [0.1, 0.15) is 12.7 Å². The minimum Gasteiger partial charge on any atom is -0.478 e. The highest BCUT2D eigenvalue weighted by atomic mass is 35.5. The SMILES string of the molecule is O=C(O)c1cccc(C(=O)Nc2ccc(OCC3C(Cc4c(Cl)cccc4Cl)=NOC3C3CC3)nc2C(F)(F)F)c1. The van der Waals surface area contributed by atoms with Crippen molar-refractivity contribution in [1.82, 2.24) is 4.98 Å². The van der Waals surface area contributed by atoms with E-state index >= 15 is 0 Å². The standard InChI is InChI=1S/C28H22Cl2F3N3O5/c29-19-5-2-6-20(30)17(19)12-22-18(24(41-36-22)14-7-8-14)13-40-23-10-9-21(25(35-23)28(31,32)33)34-26(37)15-3-1-4-16(11-15)27(38)39/h1-6,9-11,14,18,24H,7-8,12-13H2,(H,34,37)(H,38,39). The number of pyridine rings is 1. The Labute approximate surface area is 242 Å². The monoisotopic (exact) mass is 607 g/mol. The van der Waals surface area contributed by atoms with Crippen LogP contribution in [0.4, 0.5) is 18.9 Å². The maximum Gasteiger partial charge on any atom is 0.435 e. The lowest BCUT2D eigenvalue weighted by Gasteiger charge is -2.20. The van der Waals surface area contributed by atoms with Crippen molar-refractivity contribution < 1.29 is 37.4 Å². The van der Waals surface area contributed by atoms with Crippen LogP contribution >= 0.6 is 23.2 Å². The summed E-state index contributed by atoms with van der Waals surface area (Å²) in [5.74, 6) is -2.63. The Bertz CT molecular complexity index is 1510. The van der Waals surface area contributed by atoms with Crippen LogP contribution in [-0.4, -0.2) is 40.4 Å². The van der Waals surface area contributed by atoms with Gasteiger partial charge < -0.3 is 20.0 Å². The molecular formula is C28H22Cl2F3N3O5. The van der Waals surface area contributed by atoms with E-state index in [-0.39, 0.29) is 48.0 Å². The summed E-state index contributed by atoms with van der Waals surface area (Å²) in [6, 6.07) is 12.3. The van der Waals surface area contributed by atoms with Crippen molar-refractivity contribution in [1.29, 1.82) is 0 Å². The molecule has 8 nitrogen and oxygen atoms in total. The second kappa shape index (κ2) is 11.6. The van der Waals surface area contributed by atoms with Gasteiger partial charge in [0, 0.05) is 28.1 Å². The molecule has 0 bridgehead atoms. The van der Waals surface area contributed by atoms with Crippen molar-refractivity contribution in [2.24, 2.45) is 17.0 Å². The normalized spacial score (nSPS) is 18.4. The fourth-order valence-electron chi connectivity index (χ4n) is 4.54. The molecule has 2 aromatic carbocycles. The summed E-state index contributed by atoms with van der Waals surface area (Å²) in [6.45, 7) is -0.0555. The first-order chi connectivity index (χ1) is 19.5. The first-order valence-corrected chi connectivity index (χ1v) is 13.3. The summed E-state index contributed by atoms with van der Waals surface area (Å²) < 4.78 is 47.5. The molecule has 0 saturated heterocycles. The van der Waals surface area contributed by atoms with Crippen LogP contribution in [-0.2, 0) is 17.4 Å². The van der Waals surface area contributed by atoms with Gasteiger partial charge in [-0.3, -0.25) is 4.79 Å². The van der Waals surface area contributed by atoms with E-state index in [9.17, 15) is 22.8 Å². The second-order valence-corrected chi connectivity index (χ2v) is 10.5. The summed E-state index contributed by atoms with van der Waals surface area (Å²) in [5, 5.41) is 16.4. The van der Waals surface area contributed by atoms with Gasteiger partial charge in [0.25, 0.3) is 5.91 Å². The molecule has 214 valence electrons. The molecule has 13 heteroatoms. The maximum atomic E-state index is 13.9. The highest BCUT2D eigenvalue weighted by molar-refractivity contribution is 6.36. The molecule has 1 aromatic heterocycles. The van der Waals surface area contributed by atoms with Crippen LogP contribution in [0.25, 0.3) is 0 Å². The Balaban J connectivity index is 1.34. The second-order valence-electron chi connectivity index (χ2n) is 9.67. The topological polar surface area (TPSA) is 110 Å². The number of carboxylic acid groups (broad SMARTS) is 1. The molecule has 2 unspecified atom stereocenters. The van der Waals surface area contributed by atoms with Crippen LogP contribution in [0.5, 0.6) is 5.88 Å². The summed E-state index contributed by atoms with van der Waals surface area (Å²) in [7, 11) is 0. The summed E-state index contributed by atoms with van der Waals surface area (Å²) in [5.41, 5.74) is -1.01. The van der Waals surface area contributed by atoms with Crippen LogP contribution in [0.2, 0.25) is 10.0 Å². The minimum absolute atomic E-state index is 0.0555. The van der Waals surface area contributed by atoms with Gasteiger partial charge in [-0.25, -0.2) is 9.78 Å². The molecule has 2 heterocycles. The molecule has 0 radical (unpaired) electrons. The van der Waals surface area contributed by atoms with Gasteiger partial charge in [-0.15, -0.1) is 0 Å². The maximum absolute atomic E-state index is 13.9. The number of nitrogens with zero attached hydrogens (tertiary/aromatic N) is 2. The molecule has 2 N–H and O–H groups in total. The quantitative estimate of drug-likeness (QED) is 0.278. The molecule has 41 heavy (non-hydrogen) atoms. The van der Waals surface area contributed by atoms with Crippen LogP contribution < -0.4 is 10.1 Å². The fourth-order valence-corrected chi connectivity index (χ4v) is 5.07. The molecule has 3 aromatic rings. The molecule has 2 atom stereocenters. The van der Waals surface area contributed by atoms with Gasteiger partial charge in [-0.1, -0.05) is 40.5 Å². The van der Waals surface area contributed by atoms with Gasteiger partial charge in [-0.05, 0) is 60.7 Å². The molecule has 1 aliphatic carbocycles. The predicted molar refractivity (Wildman–Crippen MR) is 145 cm³/mol. The molecule has 1 saturated carbocycles. The molecule has 2 aliphatic rings. The Hall–Kier alpha value is -3.83. The molecule has 5 rings (SSSR count). The van der Waals surface area contributed by atoms with Crippen molar-refractivity contribution in [3.05, 3.63) is 87.0 Å². The summed E-state index contributed by atoms with van der Waals surface area (Å²) in [4.78, 5) is 33.1. The molecule has 0 spiro atoms. The Morgan fingerprint density at radius 2 is 1.73 bits per heavy atom. The van der Waals surface area contributed by atoms with E-state index < -0.39 is 29.4 Å². The number of aromatic carboxylic acids is 1. The zero-order valence-corrected chi connectivity index (χ0v) is 22.6. The molecule has 1 aliphatic heterocycles. The molecular weight excluding hydrogens is 586 g/mol. The fraction of sp³-hybridized carbons (Fsp3) is 0.286. The summed E-state index contributed by atoms with van der Waals surface area (Å²) in [6.07, 6.45) is -3.06. The number of halogens is 5. The zero-order chi connectivity index (χ0) is 29.3. The van der Waals surface area contributed by atoms with Gasteiger partial charge in [-0.2, -0.15) is 13.2 Å². The predicted octanol–water partition coefficient (Wildman–Crippen LogP) is 6.76. The Kier molecular flexibility index (Phi) is 8.10. The number of ether oxygens (including phenoxy) is 1. The lowest BCUT2D eigenvalue weighted by atomic mass is 9.91.